The fourth-order valence-corrected chi connectivity index (χ4v) is 2.60. The van der Waals surface area contributed by atoms with Crippen LogP contribution in [0.3, 0.4) is 0 Å². The Hall–Kier alpha value is 0.974. The molecule has 1 radical (unpaired) electrons. The van der Waals surface area contributed by atoms with Gasteiger partial charge in [-0.3, -0.25) is 0 Å². The first-order chi connectivity index (χ1) is 9.25. The summed E-state index contributed by atoms with van der Waals surface area (Å²) >= 11 is 42.1. The van der Waals surface area contributed by atoms with Crippen molar-refractivity contribution in [1.82, 2.24) is 0 Å². The van der Waals surface area contributed by atoms with E-state index in [9.17, 15) is 0 Å². The summed E-state index contributed by atoms with van der Waals surface area (Å²) in [6.07, 6.45) is 0. The second-order valence-electron chi connectivity index (χ2n) is 3.37. The fraction of sp³-hybridized carbons (Fsp3) is 0. The van der Waals surface area contributed by atoms with Crippen LogP contribution in [-0.2, 0) is 67.0 Å². The number of halogens is 4. The number of benzene rings is 2. The second kappa shape index (κ2) is 9.97. The van der Waals surface area contributed by atoms with Crippen molar-refractivity contribution in [2.75, 3.05) is 0 Å². The van der Waals surface area contributed by atoms with Gasteiger partial charge >= 0.3 is 16.5 Å². The molecule has 2 aromatic carbocycles. The molecule has 0 saturated carbocycles. The van der Waals surface area contributed by atoms with Crippen molar-refractivity contribution in [2.45, 2.75) is 19.6 Å². The summed E-state index contributed by atoms with van der Waals surface area (Å²) in [6.45, 7) is 0. The molecule has 0 amide bonds. The van der Waals surface area contributed by atoms with E-state index in [1.165, 1.54) is 0 Å². The van der Waals surface area contributed by atoms with Gasteiger partial charge in [0, 0.05) is 20.1 Å². The molecule has 0 fully saturated rings. The summed E-state index contributed by atoms with van der Waals surface area (Å²) in [7, 11) is 0. The van der Waals surface area contributed by atoms with Gasteiger partial charge in [-0.05, 0) is 24.3 Å². The van der Waals surface area contributed by atoms with Gasteiger partial charge in [0.25, 0.3) is 0 Å². The zero-order valence-electron chi connectivity index (χ0n) is 9.77. The van der Waals surface area contributed by atoms with Crippen molar-refractivity contribution in [3.05, 3.63) is 44.4 Å². The van der Waals surface area contributed by atoms with E-state index >= 15 is 0 Å². The minimum atomic E-state index is 0. The molecule has 0 bridgehead atoms. The largest absolute Gasteiger partial charge is 3.00 e. The van der Waals surface area contributed by atoms with Crippen LogP contribution < -0.4 is 0 Å². The van der Waals surface area contributed by atoms with E-state index in [1.807, 2.05) is 0 Å². The summed E-state index contributed by atoms with van der Waals surface area (Å²) in [5.74, 6) is 0. The molecule has 21 heavy (non-hydrogen) atoms. The third-order valence-electron chi connectivity index (χ3n) is 2.03. The molecular weight excluding hydrogens is 473 g/mol. The van der Waals surface area contributed by atoms with Crippen LogP contribution in [0.2, 0.25) is 20.1 Å². The van der Waals surface area contributed by atoms with Crippen molar-refractivity contribution in [3.63, 3.8) is 0 Å². The van der Waals surface area contributed by atoms with Crippen molar-refractivity contribution in [1.29, 1.82) is 0 Å². The quantitative estimate of drug-likeness (QED) is 0.358. The maximum Gasteiger partial charge on any atom is 3.00 e. The zero-order chi connectivity index (χ0) is 15.4. The van der Waals surface area contributed by atoms with E-state index in [4.69, 9.17) is 96.9 Å². The van der Waals surface area contributed by atoms with Crippen LogP contribution >= 0.6 is 46.4 Å². The standard InChI is InChI=1S/2C6H4Cl2S2.Ni/c2*7-3-1-2-4(8)6(10)5(3)9;/h2*1-2,9-10H;/q;;+3/p-4. The maximum absolute atomic E-state index is 5.66. The molecule has 2 aromatic rings. The summed E-state index contributed by atoms with van der Waals surface area (Å²) in [5, 5.41) is 1.96. The van der Waals surface area contributed by atoms with Crippen molar-refractivity contribution in [2.24, 2.45) is 0 Å². The molecule has 2 rings (SSSR count). The smallest absolute Gasteiger partial charge is 0.780 e. The van der Waals surface area contributed by atoms with Gasteiger partial charge in [-0.15, -0.1) is 0 Å². The average molecular weight is 477 g/mol. The van der Waals surface area contributed by atoms with Crippen LogP contribution in [0.1, 0.15) is 0 Å². The van der Waals surface area contributed by atoms with Crippen LogP contribution in [-0.4, -0.2) is 0 Å². The van der Waals surface area contributed by atoms with Crippen molar-refractivity contribution in [3.8, 4) is 0 Å². The summed E-state index contributed by atoms with van der Waals surface area (Å²) in [5.41, 5.74) is 0. The molecule has 0 atom stereocenters. The Labute approximate surface area is 175 Å². The van der Waals surface area contributed by atoms with E-state index in [0.29, 0.717) is 39.7 Å². The Morgan fingerprint density at radius 2 is 0.619 bits per heavy atom. The SMILES string of the molecule is [Ni+3].[S-]c1c(Cl)ccc(Cl)c1[S-].[S-]c1c(Cl)ccc(Cl)c1[S-]. The van der Waals surface area contributed by atoms with Crippen LogP contribution in [0.5, 0.6) is 0 Å². The van der Waals surface area contributed by atoms with Crippen molar-refractivity contribution < 1.29 is 16.5 Å². The molecule has 0 nitrogen and oxygen atoms in total. The Kier molecular flexibility index (Phi) is 10.4. The second-order valence-corrected chi connectivity index (χ2v) is 6.64. The van der Waals surface area contributed by atoms with Crippen LogP contribution in [0.15, 0.2) is 43.8 Å². The first kappa shape index (κ1) is 22.0. The molecule has 0 spiro atoms. The number of hydrogen-bond donors (Lipinski definition) is 0. The first-order valence-electron chi connectivity index (χ1n) is 4.89. The molecular formula is C12H4Cl4NiS4-. The Morgan fingerprint density at radius 1 is 0.476 bits per heavy atom. The topological polar surface area (TPSA) is 0 Å². The molecule has 0 aliphatic carbocycles. The molecule has 0 N–H and O–H groups in total. The van der Waals surface area contributed by atoms with Gasteiger partial charge in [-0.1, -0.05) is 46.4 Å². The zero-order valence-corrected chi connectivity index (χ0v) is 17.0. The van der Waals surface area contributed by atoms with Gasteiger partial charge in [0.05, 0.1) is 0 Å². The Morgan fingerprint density at radius 3 is 0.762 bits per heavy atom. The van der Waals surface area contributed by atoms with Crippen LogP contribution in [0.25, 0.3) is 0 Å². The predicted molar refractivity (Wildman–Crippen MR) is 95.4 cm³/mol. The predicted octanol–water partition coefficient (Wildman–Crippen LogP) is 5.61. The molecule has 9 heteroatoms. The Balaban J connectivity index is 0.000000364. The molecule has 115 valence electrons. The minimum absolute atomic E-state index is 0. The monoisotopic (exact) mass is 474 g/mol. The van der Waals surface area contributed by atoms with Crippen LogP contribution in [0.4, 0.5) is 0 Å². The molecule has 0 aliphatic rings. The normalized spacial score (nSPS) is 9.33. The minimum Gasteiger partial charge on any atom is -0.780 e. The number of hydrogen-bond acceptors (Lipinski definition) is 4. The molecule has 0 aromatic heterocycles. The van der Waals surface area contributed by atoms with E-state index in [2.05, 4.69) is 0 Å². The van der Waals surface area contributed by atoms with E-state index in [-0.39, 0.29) is 16.5 Å². The van der Waals surface area contributed by atoms with E-state index < -0.39 is 0 Å². The maximum atomic E-state index is 5.66. The van der Waals surface area contributed by atoms with Gasteiger partial charge in [0.2, 0.25) is 0 Å². The fourth-order valence-electron chi connectivity index (χ4n) is 1.03. The molecule has 0 heterocycles. The summed E-state index contributed by atoms with van der Waals surface area (Å²) in [4.78, 5) is 1.85. The Bertz CT molecular complexity index is 528. The average Bonchev–Trinajstić information content (AvgIpc) is 2.43. The van der Waals surface area contributed by atoms with Gasteiger partial charge < -0.3 is 50.5 Å². The third-order valence-corrected chi connectivity index (χ3v) is 5.69. The number of rotatable bonds is 0. The third kappa shape index (κ3) is 6.17. The summed E-state index contributed by atoms with van der Waals surface area (Å²) < 4.78 is 0. The van der Waals surface area contributed by atoms with E-state index in [0.717, 1.165) is 0 Å². The molecule has 0 unspecified atom stereocenters. The van der Waals surface area contributed by atoms with Gasteiger partial charge in [0.1, 0.15) is 0 Å². The van der Waals surface area contributed by atoms with Gasteiger partial charge in [-0.25, -0.2) is 0 Å². The van der Waals surface area contributed by atoms with Gasteiger partial charge in [0.15, 0.2) is 0 Å². The van der Waals surface area contributed by atoms with Crippen LogP contribution in [0, 0.1) is 0 Å². The first-order valence-corrected chi connectivity index (χ1v) is 8.04. The summed E-state index contributed by atoms with van der Waals surface area (Å²) in [6, 6.07) is 6.56. The molecule has 0 saturated heterocycles. The van der Waals surface area contributed by atoms with E-state index in [1.54, 1.807) is 24.3 Å². The van der Waals surface area contributed by atoms with Crippen molar-refractivity contribution >= 4 is 96.9 Å². The van der Waals surface area contributed by atoms with Gasteiger partial charge in [-0.2, -0.15) is 19.6 Å². The molecule has 0 aliphatic heterocycles.